The third kappa shape index (κ3) is 5.90. The molecule has 0 radical (unpaired) electrons. The molecule has 1 unspecified atom stereocenters. The van der Waals surface area contributed by atoms with Crippen molar-refractivity contribution in [2.24, 2.45) is 5.92 Å². The molecule has 0 aromatic heterocycles. The molecule has 1 aliphatic rings. The van der Waals surface area contributed by atoms with Crippen LogP contribution in [-0.4, -0.2) is 0 Å². The maximum Gasteiger partial charge on any atom is 0.0239 e. The zero-order valence-electron chi connectivity index (χ0n) is 23.0. The van der Waals surface area contributed by atoms with Crippen LogP contribution in [0.4, 0.5) is 0 Å². The third-order valence-electron chi connectivity index (χ3n) is 7.14. The second-order valence-corrected chi connectivity index (χ2v) is 12.4. The minimum atomic E-state index is 0.109. The normalized spacial score (nSPS) is 17.3. The molecule has 2 atom stereocenters. The summed E-state index contributed by atoms with van der Waals surface area (Å²) >= 11 is 0. The van der Waals surface area contributed by atoms with Gasteiger partial charge in [0.05, 0.1) is 0 Å². The minimum absolute atomic E-state index is 0.109. The van der Waals surface area contributed by atoms with E-state index < -0.39 is 0 Å². The quantitative estimate of drug-likeness (QED) is 0.409. The van der Waals surface area contributed by atoms with Crippen LogP contribution in [0.2, 0.25) is 0 Å². The van der Waals surface area contributed by atoms with Crippen LogP contribution >= 0.6 is 0 Å². The Morgan fingerprint density at radius 1 is 0.853 bits per heavy atom. The van der Waals surface area contributed by atoms with Crippen molar-refractivity contribution in [2.45, 2.75) is 85.5 Å². The molecule has 0 aliphatic heterocycles. The van der Waals surface area contributed by atoms with Gasteiger partial charge in [-0.25, -0.2) is 0 Å². The van der Waals surface area contributed by atoms with Gasteiger partial charge in [0.15, 0.2) is 0 Å². The molecule has 0 fully saturated rings. The van der Waals surface area contributed by atoms with Crippen molar-refractivity contribution >= 4 is 11.1 Å². The van der Waals surface area contributed by atoms with Crippen LogP contribution in [0.1, 0.15) is 102 Å². The molecular formula is C34H44. The Kier molecular flexibility index (Phi) is 7.32. The van der Waals surface area contributed by atoms with E-state index in [1.54, 1.807) is 0 Å². The monoisotopic (exact) mass is 452 g/mol. The van der Waals surface area contributed by atoms with Gasteiger partial charge in [0.1, 0.15) is 0 Å². The molecule has 0 saturated carbocycles. The third-order valence-corrected chi connectivity index (χ3v) is 7.14. The van der Waals surface area contributed by atoms with E-state index in [-0.39, 0.29) is 10.8 Å². The van der Waals surface area contributed by atoms with Crippen molar-refractivity contribution in [3.05, 3.63) is 107 Å². The first kappa shape index (κ1) is 26.0. The molecule has 3 rings (SSSR count). The lowest BCUT2D eigenvalue weighted by atomic mass is 9.77. The fourth-order valence-corrected chi connectivity index (χ4v) is 4.78. The van der Waals surface area contributed by atoms with Crippen LogP contribution in [0, 0.1) is 5.92 Å². The summed E-state index contributed by atoms with van der Waals surface area (Å²) in [4.78, 5) is 0. The first-order valence-corrected chi connectivity index (χ1v) is 12.7. The van der Waals surface area contributed by atoms with Crippen molar-refractivity contribution in [1.82, 2.24) is 0 Å². The highest BCUT2D eigenvalue weighted by Gasteiger charge is 2.26. The van der Waals surface area contributed by atoms with Crippen LogP contribution in [0.3, 0.4) is 0 Å². The maximum absolute atomic E-state index is 4.58. The summed E-state index contributed by atoms with van der Waals surface area (Å²) in [6, 6.07) is 16.1. The minimum Gasteiger partial charge on any atom is -0.0955 e. The highest BCUT2D eigenvalue weighted by atomic mass is 14.3. The van der Waals surface area contributed by atoms with Gasteiger partial charge in [-0.3, -0.25) is 0 Å². The van der Waals surface area contributed by atoms with Crippen LogP contribution < -0.4 is 0 Å². The molecule has 0 bridgehead atoms. The van der Waals surface area contributed by atoms with Gasteiger partial charge in [0, 0.05) is 5.92 Å². The van der Waals surface area contributed by atoms with Crippen LogP contribution in [0.25, 0.3) is 11.1 Å². The Hall–Kier alpha value is -2.60. The number of benzene rings is 2. The Morgan fingerprint density at radius 2 is 1.38 bits per heavy atom. The molecule has 0 nitrogen and oxygen atoms in total. The van der Waals surface area contributed by atoms with Crippen molar-refractivity contribution in [1.29, 1.82) is 0 Å². The molecule has 34 heavy (non-hydrogen) atoms. The van der Waals surface area contributed by atoms with E-state index in [0.717, 1.165) is 12.0 Å². The van der Waals surface area contributed by atoms with Gasteiger partial charge in [-0.2, -0.15) is 0 Å². The van der Waals surface area contributed by atoms with Gasteiger partial charge < -0.3 is 0 Å². The van der Waals surface area contributed by atoms with Crippen molar-refractivity contribution < 1.29 is 0 Å². The molecule has 0 N–H and O–H groups in total. The van der Waals surface area contributed by atoms with Crippen molar-refractivity contribution in [3.8, 4) is 0 Å². The van der Waals surface area contributed by atoms with E-state index in [1.165, 1.54) is 44.5 Å². The second-order valence-electron chi connectivity index (χ2n) is 12.4. The highest BCUT2D eigenvalue weighted by Crippen LogP contribution is 2.41. The summed E-state index contributed by atoms with van der Waals surface area (Å²) in [7, 11) is 0. The predicted molar refractivity (Wildman–Crippen MR) is 152 cm³/mol. The summed E-state index contributed by atoms with van der Waals surface area (Å²) in [5.74, 6) is 0.761. The second kappa shape index (κ2) is 9.57. The van der Waals surface area contributed by atoms with E-state index in [4.69, 9.17) is 0 Å². The SMILES string of the molecule is C=C(C)c1ccc(C2C=C(C)C=C2[C@H](C)CC(=C)c2cc(C(C)(C)C)cc(C(C)(C)C)c2)cc1. The molecule has 1 aliphatic carbocycles. The maximum atomic E-state index is 4.58. The zero-order valence-corrected chi connectivity index (χ0v) is 23.0. The molecular weight excluding hydrogens is 408 g/mol. The van der Waals surface area contributed by atoms with E-state index in [1.807, 2.05) is 0 Å². The average Bonchev–Trinajstić information content (AvgIpc) is 3.14. The topological polar surface area (TPSA) is 0 Å². The number of hydrogen-bond donors (Lipinski definition) is 0. The first-order valence-electron chi connectivity index (χ1n) is 12.7. The Balaban J connectivity index is 1.87. The van der Waals surface area contributed by atoms with Crippen LogP contribution in [-0.2, 0) is 10.8 Å². The number of rotatable bonds is 6. The lowest BCUT2D eigenvalue weighted by Gasteiger charge is -2.27. The standard InChI is InChI=1S/C34H44/c1-22(2)26-12-14-27(15-13-26)32-17-23(3)16-31(32)25(5)18-24(4)28-19-29(33(6,7)8)21-30(20-28)34(9,10)11/h12-17,19-21,25,32H,1,4,18H2,2-3,5-11H3/t25-,32?/m1/s1. The lowest BCUT2D eigenvalue weighted by molar-refractivity contribution is 0.568. The summed E-state index contributed by atoms with van der Waals surface area (Å²) in [6.45, 7) is 29.1. The Labute approximate surface area is 209 Å². The zero-order chi connectivity index (χ0) is 25.4. The van der Waals surface area contributed by atoms with Crippen molar-refractivity contribution in [2.75, 3.05) is 0 Å². The fourth-order valence-electron chi connectivity index (χ4n) is 4.78. The first-order chi connectivity index (χ1) is 15.7. The van der Waals surface area contributed by atoms with Gasteiger partial charge >= 0.3 is 0 Å². The predicted octanol–water partition coefficient (Wildman–Crippen LogP) is 10.0. The van der Waals surface area contributed by atoms with Crippen molar-refractivity contribution in [3.63, 3.8) is 0 Å². The molecule has 0 heteroatoms. The molecule has 2 aromatic carbocycles. The van der Waals surface area contributed by atoms with Gasteiger partial charge in [0.25, 0.3) is 0 Å². The molecule has 0 heterocycles. The van der Waals surface area contributed by atoms with E-state index in [2.05, 4.69) is 130 Å². The number of hydrogen-bond acceptors (Lipinski definition) is 0. The Morgan fingerprint density at radius 3 is 1.85 bits per heavy atom. The van der Waals surface area contributed by atoms with E-state index >= 15 is 0 Å². The van der Waals surface area contributed by atoms with Gasteiger partial charge in [-0.1, -0.05) is 133 Å². The fraction of sp³-hybridized carbons (Fsp3) is 0.412. The lowest BCUT2D eigenvalue weighted by Crippen LogP contribution is -2.17. The summed E-state index contributed by atoms with van der Waals surface area (Å²) < 4.78 is 0. The molecule has 0 spiro atoms. The highest BCUT2D eigenvalue weighted by molar-refractivity contribution is 5.67. The van der Waals surface area contributed by atoms with Crippen LogP contribution in [0.15, 0.2) is 78.9 Å². The number of allylic oxidation sites excluding steroid dienone is 6. The summed E-state index contributed by atoms with van der Waals surface area (Å²) in [6.07, 6.45) is 5.76. The van der Waals surface area contributed by atoms with Crippen LogP contribution in [0.5, 0.6) is 0 Å². The average molecular weight is 453 g/mol. The summed E-state index contributed by atoms with van der Waals surface area (Å²) in [5, 5.41) is 0. The molecule has 180 valence electrons. The Bertz CT molecular complexity index is 1100. The molecule has 0 amide bonds. The molecule has 0 saturated heterocycles. The van der Waals surface area contributed by atoms with Gasteiger partial charge in [-0.05, 0) is 70.4 Å². The van der Waals surface area contributed by atoms with Gasteiger partial charge in [0.2, 0.25) is 0 Å². The van der Waals surface area contributed by atoms with E-state index in [0.29, 0.717) is 11.8 Å². The summed E-state index contributed by atoms with van der Waals surface area (Å²) in [5.41, 5.74) is 12.0. The van der Waals surface area contributed by atoms with Gasteiger partial charge in [-0.15, -0.1) is 0 Å². The molecule has 2 aromatic rings. The largest absolute Gasteiger partial charge is 0.0955 e. The van der Waals surface area contributed by atoms with E-state index in [9.17, 15) is 0 Å². The smallest absolute Gasteiger partial charge is 0.0239 e.